The Morgan fingerprint density at radius 3 is 2.71 bits per heavy atom. The quantitative estimate of drug-likeness (QED) is 0.813. The lowest BCUT2D eigenvalue weighted by molar-refractivity contribution is 0.0170. The van der Waals surface area contributed by atoms with Gasteiger partial charge in [0.05, 0.1) is 12.7 Å². The molecular weight excluding hydrogens is 222 g/mol. The molecule has 1 saturated heterocycles. The van der Waals surface area contributed by atoms with Gasteiger partial charge in [0.25, 0.3) is 0 Å². The minimum atomic E-state index is -0.507. The molecule has 0 aromatic heterocycles. The molecule has 1 heterocycles. The van der Waals surface area contributed by atoms with Crippen molar-refractivity contribution in [2.75, 3.05) is 26.8 Å². The summed E-state index contributed by atoms with van der Waals surface area (Å²) in [6, 6.07) is 0. The van der Waals surface area contributed by atoms with Crippen molar-refractivity contribution >= 4 is 6.09 Å². The first kappa shape index (κ1) is 14.3. The van der Waals surface area contributed by atoms with Gasteiger partial charge >= 0.3 is 6.09 Å². The van der Waals surface area contributed by atoms with Crippen LogP contribution in [0.1, 0.15) is 27.2 Å². The summed E-state index contributed by atoms with van der Waals surface area (Å²) >= 11 is 0. The molecule has 0 saturated carbocycles. The maximum Gasteiger partial charge on any atom is 0.410 e. The fraction of sp³-hybridized carbons (Fsp3) is 0.917. The van der Waals surface area contributed by atoms with E-state index in [0.717, 1.165) is 6.42 Å². The van der Waals surface area contributed by atoms with Crippen LogP contribution in [0.4, 0.5) is 4.79 Å². The monoisotopic (exact) mass is 245 g/mol. The highest BCUT2D eigenvalue weighted by Crippen LogP contribution is 2.22. The van der Waals surface area contributed by atoms with E-state index >= 15 is 0 Å². The third-order valence-electron chi connectivity index (χ3n) is 2.76. The van der Waals surface area contributed by atoms with Crippen LogP contribution in [0.5, 0.6) is 0 Å². The molecule has 1 unspecified atom stereocenters. The summed E-state index contributed by atoms with van der Waals surface area (Å²) in [4.78, 5) is 13.4. The van der Waals surface area contributed by atoms with Crippen molar-refractivity contribution in [3.05, 3.63) is 0 Å². The van der Waals surface area contributed by atoms with Crippen molar-refractivity contribution in [1.29, 1.82) is 0 Å². The lowest BCUT2D eigenvalue weighted by atomic mass is 10.0. The molecule has 1 fully saturated rings. The van der Waals surface area contributed by atoms with Crippen LogP contribution in [-0.2, 0) is 9.47 Å². The molecule has 100 valence electrons. The van der Waals surface area contributed by atoms with E-state index in [1.165, 1.54) is 0 Å². The van der Waals surface area contributed by atoms with E-state index in [0.29, 0.717) is 19.7 Å². The van der Waals surface area contributed by atoms with Gasteiger partial charge < -0.3 is 19.5 Å². The Labute approximate surface area is 103 Å². The molecule has 5 nitrogen and oxygen atoms in total. The van der Waals surface area contributed by atoms with Gasteiger partial charge in [-0.1, -0.05) is 0 Å². The Morgan fingerprint density at radius 2 is 2.18 bits per heavy atom. The summed E-state index contributed by atoms with van der Waals surface area (Å²) in [5.74, 6) is 0.0856. The molecule has 1 amide bonds. The summed E-state index contributed by atoms with van der Waals surface area (Å²) in [6.07, 6.45) is -0.0129. The van der Waals surface area contributed by atoms with Crippen molar-refractivity contribution in [3.63, 3.8) is 0 Å². The lowest BCUT2D eigenvalue weighted by Crippen LogP contribution is -2.36. The highest BCUT2D eigenvalue weighted by molar-refractivity contribution is 5.68. The van der Waals surface area contributed by atoms with E-state index in [4.69, 9.17) is 9.47 Å². The van der Waals surface area contributed by atoms with E-state index in [9.17, 15) is 9.90 Å². The molecule has 0 aliphatic carbocycles. The van der Waals surface area contributed by atoms with Gasteiger partial charge in [0.1, 0.15) is 5.60 Å². The largest absolute Gasteiger partial charge is 0.444 e. The number of carbonyl (C=O) groups is 1. The first-order chi connectivity index (χ1) is 7.83. The number of ether oxygens (including phenoxy) is 2. The van der Waals surface area contributed by atoms with Gasteiger partial charge in [-0.25, -0.2) is 4.79 Å². The third-order valence-corrected chi connectivity index (χ3v) is 2.76. The van der Waals surface area contributed by atoms with Gasteiger partial charge in [0.2, 0.25) is 0 Å². The Morgan fingerprint density at radius 1 is 1.53 bits per heavy atom. The molecule has 1 aliphatic rings. The van der Waals surface area contributed by atoms with E-state index in [2.05, 4.69) is 0 Å². The zero-order valence-electron chi connectivity index (χ0n) is 11.1. The average molecular weight is 245 g/mol. The Bertz CT molecular complexity index is 262. The maximum atomic E-state index is 11.8. The summed E-state index contributed by atoms with van der Waals surface area (Å²) in [6.45, 7) is 7.03. The van der Waals surface area contributed by atoms with Crippen molar-refractivity contribution in [2.24, 2.45) is 5.92 Å². The number of hydrogen-bond donors (Lipinski definition) is 1. The van der Waals surface area contributed by atoms with Gasteiger partial charge in [-0.05, 0) is 27.2 Å². The second-order valence-electron chi connectivity index (χ2n) is 5.50. The van der Waals surface area contributed by atoms with Gasteiger partial charge in [-0.3, -0.25) is 0 Å². The number of carbonyl (C=O) groups excluding carboxylic acids is 1. The maximum absolute atomic E-state index is 11.8. The summed E-state index contributed by atoms with van der Waals surface area (Å²) < 4.78 is 10.2. The molecule has 0 aromatic carbocycles. The van der Waals surface area contributed by atoms with Crippen LogP contribution in [0.2, 0.25) is 0 Å². The van der Waals surface area contributed by atoms with Crippen molar-refractivity contribution in [1.82, 2.24) is 4.90 Å². The topological polar surface area (TPSA) is 59.0 Å². The highest BCUT2D eigenvalue weighted by atomic mass is 16.6. The standard InChI is InChI=1S/C12H23NO4/c1-12(2,3)17-11(15)13-6-5-9(7-13)10(14)8-16-4/h9-10,14H,5-8H2,1-4H3/t9?,10-/m0/s1. The van der Waals surface area contributed by atoms with Crippen LogP contribution in [-0.4, -0.2) is 54.6 Å². The molecule has 2 atom stereocenters. The van der Waals surface area contributed by atoms with Crippen LogP contribution in [0.15, 0.2) is 0 Å². The number of aliphatic hydroxyl groups excluding tert-OH is 1. The third kappa shape index (κ3) is 4.52. The first-order valence-electron chi connectivity index (χ1n) is 5.98. The van der Waals surface area contributed by atoms with Crippen LogP contribution < -0.4 is 0 Å². The second kappa shape index (κ2) is 5.69. The molecule has 0 aromatic rings. The molecule has 1 rings (SSSR count). The van der Waals surface area contributed by atoms with Gasteiger partial charge in [-0.15, -0.1) is 0 Å². The Kier molecular flexibility index (Phi) is 4.77. The molecule has 17 heavy (non-hydrogen) atoms. The predicted molar refractivity (Wildman–Crippen MR) is 63.8 cm³/mol. The van der Waals surface area contributed by atoms with Crippen LogP contribution >= 0.6 is 0 Å². The van der Waals surface area contributed by atoms with Crippen molar-refractivity contribution in [2.45, 2.75) is 38.9 Å². The number of rotatable bonds is 3. The number of amides is 1. The highest BCUT2D eigenvalue weighted by Gasteiger charge is 2.33. The zero-order chi connectivity index (χ0) is 13.1. The number of hydrogen-bond acceptors (Lipinski definition) is 4. The summed E-state index contributed by atoms with van der Waals surface area (Å²) in [5.41, 5.74) is -0.472. The van der Waals surface area contributed by atoms with Crippen molar-refractivity contribution in [3.8, 4) is 0 Å². The molecule has 0 spiro atoms. The van der Waals surface area contributed by atoms with Crippen molar-refractivity contribution < 1.29 is 19.4 Å². The minimum Gasteiger partial charge on any atom is -0.444 e. The molecule has 0 radical (unpaired) electrons. The molecule has 0 bridgehead atoms. The minimum absolute atomic E-state index is 0.0856. The fourth-order valence-electron chi connectivity index (χ4n) is 1.90. The number of aliphatic hydroxyl groups is 1. The SMILES string of the molecule is COC[C@H](O)C1CCN(C(=O)OC(C)(C)C)C1. The fourth-order valence-corrected chi connectivity index (χ4v) is 1.90. The smallest absolute Gasteiger partial charge is 0.410 e. The molecule has 5 heteroatoms. The van der Waals surface area contributed by atoms with Gasteiger partial charge in [0.15, 0.2) is 0 Å². The first-order valence-corrected chi connectivity index (χ1v) is 5.98. The van der Waals surface area contributed by atoms with Crippen LogP contribution in [0.3, 0.4) is 0 Å². The Hall–Kier alpha value is -0.810. The molecule has 1 N–H and O–H groups in total. The van der Waals surface area contributed by atoms with E-state index < -0.39 is 11.7 Å². The number of methoxy groups -OCH3 is 1. The summed E-state index contributed by atoms with van der Waals surface area (Å²) in [5, 5.41) is 9.78. The number of nitrogens with zero attached hydrogens (tertiary/aromatic N) is 1. The predicted octanol–water partition coefficient (Wildman–Crippen LogP) is 1.25. The average Bonchev–Trinajstić information content (AvgIpc) is 2.63. The molecular formula is C12H23NO4. The molecule has 1 aliphatic heterocycles. The number of likely N-dealkylation sites (tertiary alicyclic amines) is 1. The van der Waals surface area contributed by atoms with E-state index in [-0.39, 0.29) is 12.0 Å². The lowest BCUT2D eigenvalue weighted by Gasteiger charge is -2.25. The van der Waals surface area contributed by atoms with Gasteiger partial charge in [-0.2, -0.15) is 0 Å². The second-order valence-corrected chi connectivity index (χ2v) is 5.50. The van der Waals surface area contributed by atoms with E-state index in [1.807, 2.05) is 20.8 Å². The van der Waals surface area contributed by atoms with Gasteiger partial charge in [0, 0.05) is 26.1 Å². The van der Waals surface area contributed by atoms with Crippen LogP contribution in [0, 0.1) is 5.92 Å². The van der Waals surface area contributed by atoms with E-state index in [1.54, 1.807) is 12.0 Å². The Balaban J connectivity index is 2.42. The van der Waals surface area contributed by atoms with Crippen LogP contribution in [0.25, 0.3) is 0 Å². The summed E-state index contributed by atoms with van der Waals surface area (Å²) in [7, 11) is 1.56. The zero-order valence-corrected chi connectivity index (χ0v) is 11.1. The normalized spacial score (nSPS) is 22.6.